The molecule has 1 atom stereocenters. The van der Waals surface area contributed by atoms with Gasteiger partial charge in [0.25, 0.3) is 0 Å². The summed E-state index contributed by atoms with van der Waals surface area (Å²) in [5, 5.41) is 14.4. The van der Waals surface area contributed by atoms with Crippen molar-refractivity contribution in [2.45, 2.75) is 19.6 Å². The zero-order valence-electron chi connectivity index (χ0n) is 13.6. The van der Waals surface area contributed by atoms with Crippen LogP contribution in [0, 0.1) is 0 Å². The van der Waals surface area contributed by atoms with Crippen LogP contribution in [0.4, 0.5) is 0 Å². The van der Waals surface area contributed by atoms with E-state index in [-0.39, 0.29) is 0 Å². The smallest absolute Gasteiger partial charge is 0.349 e. The number of ether oxygens (including phenoxy) is 1. The molecular weight excluding hydrogens is 340 g/mol. The molecule has 5 nitrogen and oxygen atoms in total. The summed E-state index contributed by atoms with van der Waals surface area (Å²) in [6.45, 7) is 2.65. The van der Waals surface area contributed by atoms with Crippen molar-refractivity contribution in [2.24, 2.45) is 0 Å². The van der Waals surface area contributed by atoms with Crippen LogP contribution in [0.5, 0.6) is 5.75 Å². The molecule has 3 aromatic rings. The van der Waals surface area contributed by atoms with E-state index < -0.39 is 12.1 Å². The largest absolute Gasteiger partial charge is 0.478 e. The van der Waals surface area contributed by atoms with E-state index >= 15 is 0 Å². The summed E-state index contributed by atoms with van der Waals surface area (Å²) in [7, 11) is 0. The Labute approximate surface area is 150 Å². The van der Waals surface area contributed by atoms with Crippen LogP contribution in [0.1, 0.15) is 18.6 Å². The first-order chi connectivity index (χ1) is 12.1. The number of aromatic nitrogens is 2. The normalized spacial score (nSPS) is 11.9. The van der Waals surface area contributed by atoms with Gasteiger partial charge in [0.1, 0.15) is 5.75 Å². The zero-order chi connectivity index (χ0) is 17.8. The molecule has 0 saturated heterocycles. The maximum absolute atomic E-state index is 11.7. The summed E-state index contributed by atoms with van der Waals surface area (Å²) in [4.78, 5) is 11.7. The SMILES string of the molecule is CCn1nccc1-c1cc(Cl)ccc1OC(C(=O)O)c1ccccc1. The molecule has 0 amide bonds. The fourth-order valence-electron chi connectivity index (χ4n) is 2.63. The standard InChI is InChI=1S/C19H17ClN2O3/c1-2-22-16(10-11-21-22)15-12-14(20)8-9-17(15)25-18(19(23)24)13-6-4-3-5-7-13/h3-12,18H,2H2,1H3,(H,23,24). The minimum Gasteiger partial charge on any atom is -0.478 e. The predicted molar refractivity (Wildman–Crippen MR) is 95.8 cm³/mol. The van der Waals surface area contributed by atoms with Crippen LogP contribution in [0.3, 0.4) is 0 Å². The Morgan fingerprint density at radius 3 is 2.68 bits per heavy atom. The van der Waals surface area contributed by atoms with Gasteiger partial charge in [-0.25, -0.2) is 4.79 Å². The van der Waals surface area contributed by atoms with E-state index in [9.17, 15) is 9.90 Å². The molecule has 0 bridgehead atoms. The Bertz CT molecular complexity index is 877. The van der Waals surface area contributed by atoms with Crippen molar-refractivity contribution in [3.05, 3.63) is 71.4 Å². The lowest BCUT2D eigenvalue weighted by Gasteiger charge is -2.18. The number of hydrogen-bond acceptors (Lipinski definition) is 3. The third kappa shape index (κ3) is 3.67. The lowest BCUT2D eigenvalue weighted by atomic mass is 10.1. The molecular formula is C19H17ClN2O3. The average Bonchev–Trinajstić information content (AvgIpc) is 3.09. The van der Waals surface area contributed by atoms with Gasteiger partial charge in [0.05, 0.1) is 5.69 Å². The van der Waals surface area contributed by atoms with Crippen LogP contribution >= 0.6 is 11.6 Å². The first-order valence-electron chi connectivity index (χ1n) is 7.86. The van der Waals surface area contributed by atoms with Gasteiger partial charge in [-0.3, -0.25) is 4.68 Å². The van der Waals surface area contributed by atoms with Gasteiger partial charge in [-0.1, -0.05) is 41.9 Å². The van der Waals surface area contributed by atoms with Gasteiger partial charge in [0, 0.05) is 28.9 Å². The molecule has 0 aliphatic carbocycles. The van der Waals surface area contributed by atoms with Crippen molar-refractivity contribution in [2.75, 3.05) is 0 Å². The minimum absolute atomic E-state index is 0.441. The third-order valence-electron chi connectivity index (χ3n) is 3.81. The molecule has 2 aromatic carbocycles. The highest BCUT2D eigenvalue weighted by Gasteiger charge is 2.24. The number of halogens is 1. The van der Waals surface area contributed by atoms with Crippen molar-refractivity contribution >= 4 is 17.6 Å². The van der Waals surface area contributed by atoms with Crippen LogP contribution in [0.2, 0.25) is 5.02 Å². The Kier molecular flexibility index (Phi) is 5.05. The molecule has 128 valence electrons. The quantitative estimate of drug-likeness (QED) is 0.709. The van der Waals surface area contributed by atoms with E-state index in [0.29, 0.717) is 28.4 Å². The Balaban J connectivity index is 2.04. The van der Waals surface area contributed by atoms with E-state index in [1.165, 1.54) is 0 Å². The summed E-state index contributed by atoms with van der Waals surface area (Å²) in [6.07, 6.45) is 0.578. The number of carboxylic acid groups (broad SMARTS) is 1. The van der Waals surface area contributed by atoms with Gasteiger partial charge in [-0.2, -0.15) is 5.10 Å². The van der Waals surface area contributed by atoms with Crippen LogP contribution < -0.4 is 4.74 Å². The number of carboxylic acids is 1. The second-order valence-electron chi connectivity index (χ2n) is 5.42. The molecule has 25 heavy (non-hydrogen) atoms. The molecule has 0 aliphatic heterocycles. The number of aliphatic carboxylic acids is 1. The van der Waals surface area contributed by atoms with E-state index in [1.807, 2.05) is 19.1 Å². The Hall–Kier alpha value is -2.79. The molecule has 0 spiro atoms. The average molecular weight is 357 g/mol. The molecule has 1 N–H and O–H groups in total. The van der Waals surface area contributed by atoms with Crippen LogP contribution in [-0.4, -0.2) is 20.9 Å². The second kappa shape index (κ2) is 7.40. The zero-order valence-corrected chi connectivity index (χ0v) is 14.3. The van der Waals surface area contributed by atoms with Crippen LogP contribution in [-0.2, 0) is 11.3 Å². The lowest BCUT2D eigenvalue weighted by Crippen LogP contribution is -2.18. The van der Waals surface area contributed by atoms with Gasteiger partial charge in [0.15, 0.2) is 0 Å². The fourth-order valence-corrected chi connectivity index (χ4v) is 2.81. The monoisotopic (exact) mass is 356 g/mol. The van der Waals surface area contributed by atoms with Crippen molar-refractivity contribution in [1.82, 2.24) is 9.78 Å². The summed E-state index contributed by atoms with van der Waals surface area (Å²) < 4.78 is 7.67. The summed E-state index contributed by atoms with van der Waals surface area (Å²) in [5.74, 6) is -0.619. The maximum Gasteiger partial charge on any atom is 0.349 e. The molecule has 6 heteroatoms. The molecule has 1 aromatic heterocycles. The maximum atomic E-state index is 11.7. The Morgan fingerprint density at radius 1 is 1.24 bits per heavy atom. The van der Waals surface area contributed by atoms with Gasteiger partial charge in [0.2, 0.25) is 6.10 Å². The summed E-state index contributed by atoms with van der Waals surface area (Å²) in [5.41, 5.74) is 2.09. The fraction of sp³-hybridized carbons (Fsp3) is 0.158. The third-order valence-corrected chi connectivity index (χ3v) is 4.04. The molecule has 3 rings (SSSR count). The van der Waals surface area contributed by atoms with Crippen LogP contribution in [0.15, 0.2) is 60.8 Å². The molecule has 1 heterocycles. The van der Waals surface area contributed by atoms with E-state index in [1.54, 1.807) is 53.3 Å². The van der Waals surface area contributed by atoms with E-state index in [0.717, 1.165) is 5.69 Å². The van der Waals surface area contributed by atoms with Gasteiger partial charge in [-0.15, -0.1) is 0 Å². The van der Waals surface area contributed by atoms with Gasteiger partial charge < -0.3 is 9.84 Å². The second-order valence-corrected chi connectivity index (χ2v) is 5.86. The van der Waals surface area contributed by atoms with Gasteiger partial charge in [-0.05, 0) is 31.2 Å². The number of hydrogen-bond donors (Lipinski definition) is 1. The highest BCUT2D eigenvalue weighted by Crippen LogP contribution is 2.35. The summed E-state index contributed by atoms with van der Waals surface area (Å²) >= 11 is 6.14. The van der Waals surface area contributed by atoms with Crippen LogP contribution in [0.25, 0.3) is 11.3 Å². The number of nitrogens with zero attached hydrogens (tertiary/aromatic N) is 2. The lowest BCUT2D eigenvalue weighted by molar-refractivity contribution is -0.145. The number of aryl methyl sites for hydroxylation is 1. The molecule has 0 radical (unpaired) electrons. The molecule has 1 unspecified atom stereocenters. The topological polar surface area (TPSA) is 64.4 Å². The highest BCUT2D eigenvalue weighted by atomic mass is 35.5. The minimum atomic E-state index is -1.11. The predicted octanol–water partition coefficient (Wildman–Crippen LogP) is 4.43. The van der Waals surface area contributed by atoms with Gasteiger partial charge >= 0.3 is 5.97 Å². The number of benzene rings is 2. The molecule has 0 fully saturated rings. The number of carbonyl (C=O) groups is 1. The Morgan fingerprint density at radius 2 is 2.00 bits per heavy atom. The first-order valence-corrected chi connectivity index (χ1v) is 8.24. The number of rotatable bonds is 6. The van der Waals surface area contributed by atoms with Crippen molar-refractivity contribution in [1.29, 1.82) is 0 Å². The van der Waals surface area contributed by atoms with Crippen molar-refractivity contribution in [3.63, 3.8) is 0 Å². The van der Waals surface area contributed by atoms with Crippen molar-refractivity contribution < 1.29 is 14.6 Å². The van der Waals surface area contributed by atoms with E-state index in [4.69, 9.17) is 16.3 Å². The van der Waals surface area contributed by atoms with E-state index in [2.05, 4.69) is 5.10 Å². The molecule has 0 saturated carbocycles. The first kappa shape index (κ1) is 17.0. The summed E-state index contributed by atoms with van der Waals surface area (Å²) in [6, 6.07) is 15.8. The molecule has 0 aliphatic rings. The highest BCUT2D eigenvalue weighted by molar-refractivity contribution is 6.31. The van der Waals surface area contributed by atoms with Crippen molar-refractivity contribution in [3.8, 4) is 17.0 Å².